The Hall–Kier alpha value is -3.26. The van der Waals surface area contributed by atoms with E-state index in [1.807, 2.05) is 13.0 Å². The van der Waals surface area contributed by atoms with Crippen LogP contribution in [0.25, 0.3) is 0 Å². The Labute approximate surface area is 181 Å². The van der Waals surface area contributed by atoms with Crippen LogP contribution in [0.2, 0.25) is 0 Å². The number of rotatable bonds is 4. The van der Waals surface area contributed by atoms with Crippen LogP contribution in [0.1, 0.15) is 50.6 Å². The Balaban J connectivity index is 1.58. The lowest BCUT2D eigenvalue weighted by Crippen LogP contribution is -2.22. The third-order valence-electron chi connectivity index (χ3n) is 4.85. The number of aromatic nitrogens is 1. The number of carbonyl (C=O) groups is 2. The fraction of sp³-hybridized carbons (Fsp3) is 0.182. The highest BCUT2D eigenvalue weighted by Gasteiger charge is 2.28. The summed E-state index contributed by atoms with van der Waals surface area (Å²) in [5, 5.41) is 7.09. The predicted molar refractivity (Wildman–Crippen MR) is 117 cm³/mol. The van der Waals surface area contributed by atoms with Crippen LogP contribution < -0.4 is 10.7 Å². The van der Waals surface area contributed by atoms with Gasteiger partial charge < -0.3 is 9.73 Å². The maximum absolute atomic E-state index is 12.7. The van der Waals surface area contributed by atoms with Crippen molar-refractivity contribution in [2.45, 2.75) is 26.2 Å². The molecule has 0 unspecified atom stereocenters. The normalized spacial score (nSPS) is 14.3. The molecule has 0 radical (unpaired) electrons. The van der Waals surface area contributed by atoms with E-state index in [0.29, 0.717) is 45.7 Å². The second-order valence-corrected chi connectivity index (χ2v) is 7.71. The van der Waals surface area contributed by atoms with Crippen LogP contribution in [-0.2, 0) is 6.42 Å². The van der Waals surface area contributed by atoms with Crippen molar-refractivity contribution in [3.05, 3.63) is 81.3 Å². The van der Waals surface area contributed by atoms with E-state index in [1.165, 1.54) is 0 Å². The standard InChI is InChI=1S/C22H19BrN4O3/c1-13-19-16(26-27-21(28)14-7-2-3-8-15(14)23)9-6-10-17(19)30-20(13)22(29)25-18-11-4-5-12-24-18/h2-5,7-8,11-12H,6,9-10H2,1H3,(H,27,28)(H,24,25,29)/b26-16+. The average Bonchev–Trinajstić information content (AvgIpc) is 3.10. The number of benzene rings is 1. The van der Waals surface area contributed by atoms with Crippen molar-refractivity contribution >= 4 is 39.3 Å². The van der Waals surface area contributed by atoms with E-state index in [2.05, 4.69) is 36.8 Å². The number of nitrogens with one attached hydrogen (secondary N) is 2. The Kier molecular flexibility index (Phi) is 5.76. The molecule has 0 spiro atoms. The molecule has 0 saturated carbocycles. The zero-order chi connectivity index (χ0) is 21.1. The van der Waals surface area contributed by atoms with Crippen LogP contribution in [0, 0.1) is 6.92 Å². The quantitative estimate of drug-likeness (QED) is 0.554. The highest BCUT2D eigenvalue weighted by molar-refractivity contribution is 9.10. The largest absolute Gasteiger partial charge is 0.455 e. The van der Waals surface area contributed by atoms with Crippen molar-refractivity contribution in [3.8, 4) is 0 Å². The summed E-state index contributed by atoms with van der Waals surface area (Å²) in [5.74, 6) is 0.718. The van der Waals surface area contributed by atoms with Gasteiger partial charge >= 0.3 is 0 Å². The number of anilines is 1. The first-order chi connectivity index (χ1) is 14.5. The van der Waals surface area contributed by atoms with E-state index >= 15 is 0 Å². The van der Waals surface area contributed by atoms with Gasteiger partial charge in [0, 0.05) is 28.2 Å². The minimum atomic E-state index is -0.364. The van der Waals surface area contributed by atoms with Gasteiger partial charge in [-0.3, -0.25) is 9.59 Å². The molecule has 0 saturated heterocycles. The number of pyridine rings is 1. The van der Waals surface area contributed by atoms with Gasteiger partial charge in [0.05, 0.1) is 11.3 Å². The van der Waals surface area contributed by atoms with Crippen molar-refractivity contribution in [2.24, 2.45) is 5.10 Å². The van der Waals surface area contributed by atoms with Gasteiger partial charge in [-0.1, -0.05) is 18.2 Å². The molecule has 4 rings (SSSR count). The Morgan fingerprint density at radius 2 is 1.90 bits per heavy atom. The molecular formula is C22H19BrN4O3. The van der Waals surface area contributed by atoms with E-state index in [4.69, 9.17) is 4.42 Å². The zero-order valence-corrected chi connectivity index (χ0v) is 17.8. The lowest BCUT2D eigenvalue weighted by molar-refractivity contribution is 0.0952. The third kappa shape index (κ3) is 4.04. The number of fused-ring (bicyclic) bond motifs is 1. The van der Waals surface area contributed by atoms with E-state index in [-0.39, 0.29) is 17.6 Å². The number of aryl methyl sites for hydroxylation is 1. The highest BCUT2D eigenvalue weighted by Crippen LogP contribution is 2.30. The van der Waals surface area contributed by atoms with Crippen molar-refractivity contribution in [2.75, 3.05) is 5.32 Å². The number of carbonyl (C=O) groups excluding carboxylic acids is 2. The number of furan rings is 1. The average molecular weight is 467 g/mol. The predicted octanol–water partition coefficient (Wildman–Crippen LogP) is 4.47. The maximum Gasteiger partial charge on any atom is 0.292 e. The van der Waals surface area contributed by atoms with Crippen LogP contribution in [0.15, 0.2) is 62.7 Å². The van der Waals surface area contributed by atoms with Crippen LogP contribution in [0.5, 0.6) is 0 Å². The molecule has 0 bridgehead atoms. The molecule has 0 fully saturated rings. The van der Waals surface area contributed by atoms with Gasteiger partial charge in [-0.25, -0.2) is 10.4 Å². The molecular weight excluding hydrogens is 448 g/mol. The summed E-state index contributed by atoms with van der Waals surface area (Å²) >= 11 is 3.37. The van der Waals surface area contributed by atoms with Crippen molar-refractivity contribution in [3.63, 3.8) is 0 Å². The molecule has 2 aromatic heterocycles. The summed E-state index contributed by atoms with van der Waals surface area (Å²) in [6.07, 6.45) is 3.83. The minimum absolute atomic E-state index is 0.234. The lowest BCUT2D eigenvalue weighted by Gasteiger charge is -2.13. The van der Waals surface area contributed by atoms with E-state index in [1.54, 1.807) is 42.6 Å². The topological polar surface area (TPSA) is 96.6 Å². The first kappa shape index (κ1) is 20.0. The van der Waals surface area contributed by atoms with Crippen LogP contribution in [0.4, 0.5) is 5.82 Å². The summed E-state index contributed by atoms with van der Waals surface area (Å²) < 4.78 is 6.57. The zero-order valence-electron chi connectivity index (χ0n) is 16.2. The van der Waals surface area contributed by atoms with Gasteiger partial charge in [0.25, 0.3) is 11.8 Å². The molecule has 1 aromatic carbocycles. The molecule has 0 aliphatic heterocycles. The summed E-state index contributed by atoms with van der Waals surface area (Å²) in [5.41, 5.74) is 5.32. The van der Waals surface area contributed by atoms with E-state index in [9.17, 15) is 9.59 Å². The van der Waals surface area contributed by atoms with E-state index in [0.717, 1.165) is 12.0 Å². The van der Waals surface area contributed by atoms with Crippen molar-refractivity contribution in [1.29, 1.82) is 0 Å². The molecule has 30 heavy (non-hydrogen) atoms. The number of nitrogens with zero attached hydrogens (tertiary/aromatic N) is 2. The van der Waals surface area contributed by atoms with Gasteiger partial charge in [0.2, 0.25) is 0 Å². The fourth-order valence-corrected chi connectivity index (χ4v) is 3.90. The number of halogens is 1. The second kappa shape index (κ2) is 8.62. The van der Waals surface area contributed by atoms with E-state index < -0.39 is 0 Å². The number of hydrogen-bond donors (Lipinski definition) is 2. The summed E-state index contributed by atoms with van der Waals surface area (Å²) in [4.78, 5) is 29.3. The highest BCUT2D eigenvalue weighted by atomic mass is 79.9. The molecule has 7 nitrogen and oxygen atoms in total. The molecule has 8 heteroatoms. The Bertz CT molecular complexity index is 1140. The number of hydrogen-bond acceptors (Lipinski definition) is 5. The summed E-state index contributed by atoms with van der Waals surface area (Å²) in [6, 6.07) is 12.4. The summed E-state index contributed by atoms with van der Waals surface area (Å²) in [6.45, 7) is 1.83. The van der Waals surface area contributed by atoms with Gasteiger partial charge in [-0.15, -0.1) is 0 Å². The first-order valence-corrected chi connectivity index (χ1v) is 10.3. The molecule has 2 heterocycles. The monoisotopic (exact) mass is 466 g/mol. The molecule has 152 valence electrons. The molecule has 2 N–H and O–H groups in total. The Morgan fingerprint density at radius 1 is 1.10 bits per heavy atom. The Morgan fingerprint density at radius 3 is 2.67 bits per heavy atom. The van der Waals surface area contributed by atoms with Crippen LogP contribution in [0.3, 0.4) is 0 Å². The van der Waals surface area contributed by atoms with Gasteiger partial charge in [-0.05, 0) is 60.0 Å². The third-order valence-corrected chi connectivity index (χ3v) is 5.54. The van der Waals surface area contributed by atoms with Gasteiger partial charge in [-0.2, -0.15) is 5.10 Å². The van der Waals surface area contributed by atoms with Crippen LogP contribution >= 0.6 is 15.9 Å². The molecule has 2 amide bonds. The maximum atomic E-state index is 12.7. The lowest BCUT2D eigenvalue weighted by atomic mass is 9.93. The van der Waals surface area contributed by atoms with Crippen LogP contribution in [-0.4, -0.2) is 22.5 Å². The first-order valence-electron chi connectivity index (χ1n) is 9.51. The molecule has 1 aliphatic rings. The second-order valence-electron chi connectivity index (χ2n) is 6.86. The summed E-state index contributed by atoms with van der Waals surface area (Å²) in [7, 11) is 0. The van der Waals surface area contributed by atoms with Gasteiger partial charge in [0.15, 0.2) is 5.76 Å². The van der Waals surface area contributed by atoms with Crippen molar-refractivity contribution in [1.82, 2.24) is 10.4 Å². The molecule has 0 atom stereocenters. The number of hydrazone groups is 1. The smallest absolute Gasteiger partial charge is 0.292 e. The number of amides is 2. The fourth-order valence-electron chi connectivity index (χ4n) is 3.43. The van der Waals surface area contributed by atoms with Gasteiger partial charge in [0.1, 0.15) is 11.6 Å². The molecule has 1 aliphatic carbocycles. The SMILES string of the molecule is Cc1c(C(=O)Nc2ccccn2)oc2c1/C(=N/NC(=O)c1ccccc1Br)CCC2. The van der Waals surface area contributed by atoms with Crippen molar-refractivity contribution < 1.29 is 14.0 Å². The molecule has 3 aromatic rings. The minimum Gasteiger partial charge on any atom is -0.455 e.